The Balaban J connectivity index is 0.000000171. The van der Waals surface area contributed by atoms with Crippen LogP contribution in [0.2, 0.25) is 12.4 Å². The van der Waals surface area contributed by atoms with Crippen LogP contribution in [-0.4, -0.2) is 24.3 Å². The largest absolute Gasteiger partial charge is 0.340 e. The zero-order valence-electron chi connectivity index (χ0n) is 21.7. The Morgan fingerprint density at radius 3 is 1.54 bits per heavy atom. The highest BCUT2D eigenvalue weighted by atomic mass is 28.3. The second kappa shape index (κ2) is 12.1. The van der Waals surface area contributed by atoms with Crippen molar-refractivity contribution in [2.24, 2.45) is 0 Å². The van der Waals surface area contributed by atoms with Crippen LogP contribution < -0.4 is 21.3 Å². The Bertz CT molecular complexity index is 1240. The molecule has 4 aromatic carbocycles. The van der Waals surface area contributed by atoms with Crippen LogP contribution in [0.4, 0.5) is 0 Å². The molecule has 0 N–H and O–H groups in total. The summed E-state index contributed by atoms with van der Waals surface area (Å²) >= 11 is 0. The molecule has 0 aliphatic heterocycles. The molecule has 1 aliphatic carbocycles. The van der Waals surface area contributed by atoms with Gasteiger partial charge in [0, 0.05) is 18.6 Å². The van der Waals surface area contributed by atoms with Gasteiger partial charge in [0.1, 0.15) is 8.07 Å². The van der Waals surface area contributed by atoms with Crippen molar-refractivity contribution in [2.75, 3.05) is 0 Å². The molecular formula is C33H35BN2Si. The normalized spacial score (nSPS) is 13.2. The van der Waals surface area contributed by atoms with Crippen molar-refractivity contribution in [3.8, 4) is 0 Å². The van der Waals surface area contributed by atoms with Crippen molar-refractivity contribution in [2.45, 2.75) is 37.8 Å². The summed E-state index contributed by atoms with van der Waals surface area (Å²) in [6, 6.07) is 43.7. The fraction of sp³-hybridized carbons (Fsp3) is 0.182. The molecule has 5 aromatic rings. The minimum atomic E-state index is -1.85. The van der Waals surface area contributed by atoms with Gasteiger partial charge in [0.05, 0.1) is 6.33 Å². The quantitative estimate of drug-likeness (QED) is 0.283. The van der Waals surface area contributed by atoms with Crippen molar-refractivity contribution in [3.05, 3.63) is 140 Å². The first kappa shape index (κ1) is 25.0. The van der Waals surface area contributed by atoms with Crippen molar-refractivity contribution in [3.63, 3.8) is 0 Å². The average molecular weight is 499 g/mol. The van der Waals surface area contributed by atoms with Gasteiger partial charge in [-0.05, 0) is 5.54 Å². The Labute approximate surface area is 223 Å². The van der Waals surface area contributed by atoms with Crippen molar-refractivity contribution in [1.29, 1.82) is 0 Å². The van der Waals surface area contributed by atoms with Gasteiger partial charge in [0.25, 0.3) is 0 Å². The van der Waals surface area contributed by atoms with Gasteiger partial charge in [-0.3, -0.25) is 0 Å². The molecule has 184 valence electrons. The Kier molecular flexibility index (Phi) is 8.17. The minimum Gasteiger partial charge on any atom is -0.340 e. The highest BCUT2D eigenvalue weighted by Crippen LogP contribution is 2.41. The number of nitrogens with zero attached hydrogens (tertiary/aromatic N) is 2. The Hall–Kier alpha value is -3.63. The topological polar surface area (TPSA) is 17.8 Å². The van der Waals surface area contributed by atoms with E-state index in [-0.39, 0.29) is 0 Å². The summed E-state index contributed by atoms with van der Waals surface area (Å²) in [7, 11) is -1.85. The van der Waals surface area contributed by atoms with Crippen LogP contribution in [0.5, 0.6) is 0 Å². The van der Waals surface area contributed by atoms with Crippen molar-refractivity contribution in [1.82, 2.24) is 9.55 Å². The van der Waals surface area contributed by atoms with Crippen LogP contribution in [0.1, 0.15) is 19.3 Å². The maximum atomic E-state index is 4.28. The minimum absolute atomic E-state index is 0.484. The smallest absolute Gasteiger partial charge is 0.206 e. The van der Waals surface area contributed by atoms with Gasteiger partial charge < -0.3 is 4.57 Å². The molecule has 2 nitrogen and oxygen atoms in total. The molecule has 0 bridgehead atoms. The summed E-state index contributed by atoms with van der Waals surface area (Å²) in [5.41, 5.74) is 3.58. The van der Waals surface area contributed by atoms with E-state index in [1.165, 1.54) is 30.2 Å². The summed E-state index contributed by atoms with van der Waals surface area (Å²) in [6.07, 6.45) is 11.2. The highest BCUT2D eigenvalue weighted by molar-refractivity contribution is 7.02. The van der Waals surface area contributed by atoms with Crippen LogP contribution in [0, 0.1) is 0 Å². The number of benzene rings is 4. The number of aromatic nitrogens is 2. The van der Waals surface area contributed by atoms with Gasteiger partial charge in [-0.2, -0.15) is 0 Å². The van der Waals surface area contributed by atoms with Crippen molar-refractivity contribution < 1.29 is 0 Å². The average Bonchev–Trinajstić information content (AvgIpc) is 3.46. The zero-order chi connectivity index (χ0) is 25.3. The summed E-state index contributed by atoms with van der Waals surface area (Å²) in [6.45, 7) is 2.72. The molecular weight excluding hydrogens is 463 g/mol. The molecule has 0 radical (unpaired) electrons. The summed E-state index contributed by atoms with van der Waals surface area (Å²) in [5.74, 6) is 0. The molecule has 1 heterocycles. The lowest BCUT2D eigenvalue weighted by Gasteiger charge is -2.45. The van der Waals surface area contributed by atoms with E-state index in [9.17, 15) is 0 Å². The number of imidazole rings is 1. The van der Waals surface area contributed by atoms with E-state index in [1.54, 1.807) is 10.4 Å². The van der Waals surface area contributed by atoms with Gasteiger partial charge in [-0.1, -0.05) is 169 Å². The van der Waals surface area contributed by atoms with Gasteiger partial charge in [-0.15, -0.1) is 0 Å². The van der Waals surface area contributed by atoms with E-state index in [2.05, 4.69) is 144 Å². The second-order valence-corrected chi connectivity index (χ2v) is 14.3. The predicted molar refractivity (Wildman–Crippen MR) is 162 cm³/mol. The Morgan fingerprint density at radius 1 is 0.703 bits per heavy atom. The van der Waals surface area contributed by atoms with E-state index in [4.69, 9.17) is 0 Å². The zero-order valence-corrected chi connectivity index (χ0v) is 22.7. The van der Waals surface area contributed by atoms with E-state index >= 15 is 0 Å². The van der Waals surface area contributed by atoms with Gasteiger partial charge >= 0.3 is 0 Å². The lowest BCUT2D eigenvalue weighted by molar-refractivity contribution is 0.485. The fourth-order valence-corrected chi connectivity index (χ4v) is 11.3. The van der Waals surface area contributed by atoms with E-state index in [0.717, 1.165) is 11.7 Å². The molecule has 0 atom stereocenters. The highest BCUT2D eigenvalue weighted by Gasteiger charge is 2.47. The SMILES string of the molecule is CB(c1ccccc1)c1ccccc1.c1ccc([Si](Cn2ccnc2)(c2ccccc2)C2CCC2)cc1. The molecule has 4 heteroatoms. The van der Waals surface area contributed by atoms with Crippen LogP contribution in [0.3, 0.4) is 0 Å². The summed E-state index contributed by atoms with van der Waals surface area (Å²) in [5, 5.41) is 3.12. The second-order valence-electron chi connectivity index (χ2n) is 10.1. The van der Waals surface area contributed by atoms with Gasteiger partial charge in [-0.25, -0.2) is 4.98 Å². The van der Waals surface area contributed by atoms with E-state index < -0.39 is 8.07 Å². The number of hydrogen-bond acceptors (Lipinski definition) is 1. The molecule has 6 rings (SSSR count). The third-order valence-corrected chi connectivity index (χ3v) is 13.5. The maximum Gasteiger partial charge on any atom is 0.206 e. The molecule has 0 spiro atoms. The van der Waals surface area contributed by atoms with Crippen molar-refractivity contribution >= 4 is 36.1 Å². The van der Waals surface area contributed by atoms with Crippen LogP contribution >= 0.6 is 0 Å². The standard InChI is InChI=1S/C20H22N2Si.C13H13B/c1-3-8-18(9-4-1)23(20-12-7-13-20,17-22-15-14-21-16-22)19-10-5-2-6-11-19;1-14(12-8-4-2-5-9-12)13-10-6-3-7-11-13/h1-6,8-11,14-16,20H,7,12-13,17H2;2-11H,1H3. The van der Waals surface area contributed by atoms with Crippen LogP contribution in [0.25, 0.3) is 0 Å². The van der Waals surface area contributed by atoms with Gasteiger partial charge in [0.2, 0.25) is 6.71 Å². The first-order chi connectivity index (χ1) is 18.3. The maximum absolute atomic E-state index is 4.28. The van der Waals surface area contributed by atoms with Crippen LogP contribution in [0.15, 0.2) is 140 Å². The van der Waals surface area contributed by atoms with Gasteiger partial charge in [0.15, 0.2) is 0 Å². The fourth-order valence-electron chi connectivity index (χ4n) is 5.67. The summed E-state index contributed by atoms with van der Waals surface area (Å²) < 4.78 is 2.30. The summed E-state index contributed by atoms with van der Waals surface area (Å²) in [4.78, 5) is 4.28. The third kappa shape index (κ3) is 5.70. The molecule has 1 fully saturated rings. The lowest BCUT2D eigenvalue weighted by Crippen LogP contribution is -2.65. The molecule has 37 heavy (non-hydrogen) atoms. The first-order valence-corrected chi connectivity index (χ1v) is 15.7. The monoisotopic (exact) mass is 498 g/mol. The third-order valence-electron chi connectivity index (χ3n) is 7.97. The van der Waals surface area contributed by atoms with Crippen LogP contribution in [-0.2, 0) is 6.17 Å². The number of hydrogen-bond donors (Lipinski definition) is 0. The van der Waals surface area contributed by atoms with E-state index in [1.807, 2.05) is 12.5 Å². The molecule has 1 aliphatic rings. The number of rotatable bonds is 7. The first-order valence-electron chi connectivity index (χ1n) is 13.4. The molecule has 1 aromatic heterocycles. The molecule has 0 amide bonds. The Morgan fingerprint density at radius 2 is 1.16 bits per heavy atom. The lowest BCUT2D eigenvalue weighted by atomic mass is 9.43. The molecule has 1 saturated carbocycles. The predicted octanol–water partition coefficient (Wildman–Crippen LogP) is 5.17. The molecule has 0 unspecified atom stereocenters. The molecule has 0 saturated heterocycles. The van der Waals surface area contributed by atoms with E-state index in [0.29, 0.717) is 6.71 Å².